The number of amides is 1. The molecule has 146 valence electrons. The Morgan fingerprint density at radius 1 is 1.29 bits per heavy atom. The quantitative estimate of drug-likeness (QED) is 0.588. The third-order valence-electron chi connectivity index (χ3n) is 3.90. The van der Waals surface area contributed by atoms with Gasteiger partial charge in [0.1, 0.15) is 5.82 Å². The third-order valence-corrected chi connectivity index (χ3v) is 4.18. The van der Waals surface area contributed by atoms with E-state index in [-0.39, 0.29) is 19.2 Å². The molecule has 2 aromatic carbocycles. The number of carbonyl (C=O) groups is 2. The maximum absolute atomic E-state index is 12.9. The van der Waals surface area contributed by atoms with Crippen molar-refractivity contribution in [2.24, 2.45) is 0 Å². The Hall–Kier alpha value is -3.06. The molecule has 1 atom stereocenters. The summed E-state index contributed by atoms with van der Waals surface area (Å²) in [5.41, 5.74) is 1.35. The summed E-state index contributed by atoms with van der Waals surface area (Å²) in [6.45, 7) is 1.75. The van der Waals surface area contributed by atoms with Crippen molar-refractivity contribution in [2.75, 3.05) is 6.79 Å². The normalized spacial score (nSPS) is 13.4. The number of carbonyl (C=O) groups excluding carboxylic acids is 2. The number of halogens is 2. The average molecular weight is 406 g/mol. The highest BCUT2D eigenvalue weighted by atomic mass is 35.5. The predicted octanol–water partition coefficient (Wildman–Crippen LogP) is 3.47. The van der Waals surface area contributed by atoms with E-state index in [2.05, 4.69) is 5.32 Å². The third kappa shape index (κ3) is 5.01. The van der Waals surface area contributed by atoms with E-state index >= 15 is 0 Å². The minimum absolute atomic E-state index is 0.0921. The maximum Gasteiger partial charge on any atom is 0.331 e. The van der Waals surface area contributed by atoms with Crippen LogP contribution >= 0.6 is 11.6 Å². The first kappa shape index (κ1) is 19.7. The number of esters is 1. The van der Waals surface area contributed by atoms with Crippen LogP contribution in [0.4, 0.5) is 4.39 Å². The molecule has 6 nitrogen and oxygen atoms in total. The van der Waals surface area contributed by atoms with Gasteiger partial charge in [0.15, 0.2) is 17.6 Å². The minimum Gasteiger partial charge on any atom is -0.454 e. The summed E-state index contributed by atoms with van der Waals surface area (Å²) in [7, 11) is 0. The van der Waals surface area contributed by atoms with Crippen LogP contribution in [-0.2, 0) is 20.9 Å². The molecular formula is C20H17ClFNO5. The summed E-state index contributed by atoms with van der Waals surface area (Å²) < 4.78 is 28.4. The Bertz CT molecular complexity index is 914. The number of nitrogens with one attached hydrogen (secondary N) is 1. The monoisotopic (exact) mass is 405 g/mol. The Morgan fingerprint density at radius 2 is 2.04 bits per heavy atom. The van der Waals surface area contributed by atoms with E-state index in [1.807, 2.05) is 0 Å². The lowest BCUT2D eigenvalue weighted by Gasteiger charge is -2.12. The lowest BCUT2D eigenvalue weighted by molar-refractivity contribution is -0.150. The van der Waals surface area contributed by atoms with Gasteiger partial charge in [-0.1, -0.05) is 23.7 Å². The number of fused-ring (bicyclic) bond motifs is 1. The summed E-state index contributed by atoms with van der Waals surface area (Å²) in [5.74, 6) is -0.537. The van der Waals surface area contributed by atoms with Crippen LogP contribution < -0.4 is 14.8 Å². The first-order valence-corrected chi connectivity index (χ1v) is 8.80. The lowest BCUT2D eigenvalue weighted by Crippen LogP contribution is -2.35. The molecule has 0 aromatic heterocycles. The number of benzene rings is 2. The van der Waals surface area contributed by atoms with Gasteiger partial charge >= 0.3 is 5.97 Å². The molecule has 0 spiro atoms. The van der Waals surface area contributed by atoms with Gasteiger partial charge in [0, 0.05) is 12.6 Å². The molecule has 2 aromatic rings. The van der Waals surface area contributed by atoms with Gasteiger partial charge in [0.05, 0.1) is 5.02 Å². The number of hydrogen-bond acceptors (Lipinski definition) is 5. The Balaban J connectivity index is 1.51. The van der Waals surface area contributed by atoms with E-state index in [0.717, 1.165) is 5.56 Å². The number of hydrogen-bond donors (Lipinski definition) is 1. The van der Waals surface area contributed by atoms with Crippen LogP contribution in [0.25, 0.3) is 6.08 Å². The fourth-order valence-corrected chi connectivity index (χ4v) is 2.72. The average Bonchev–Trinajstić information content (AvgIpc) is 3.15. The van der Waals surface area contributed by atoms with Crippen molar-refractivity contribution >= 4 is 29.6 Å². The smallest absolute Gasteiger partial charge is 0.331 e. The van der Waals surface area contributed by atoms with Crippen molar-refractivity contribution in [3.8, 4) is 11.5 Å². The maximum atomic E-state index is 12.9. The molecule has 1 N–H and O–H groups in total. The molecule has 0 saturated carbocycles. The number of ether oxygens (including phenoxy) is 3. The van der Waals surface area contributed by atoms with Gasteiger partial charge in [-0.3, -0.25) is 4.79 Å². The zero-order chi connectivity index (χ0) is 20.1. The zero-order valence-electron chi connectivity index (χ0n) is 14.9. The van der Waals surface area contributed by atoms with Crippen molar-refractivity contribution in [3.05, 3.63) is 64.4 Å². The highest BCUT2D eigenvalue weighted by Gasteiger charge is 2.18. The molecule has 3 rings (SSSR count). The van der Waals surface area contributed by atoms with Crippen LogP contribution in [0, 0.1) is 5.82 Å². The van der Waals surface area contributed by atoms with Crippen LogP contribution in [0.15, 0.2) is 42.5 Å². The van der Waals surface area contributed by atoms with E-state index in [0.29, 0.717) is 22.1 Å². The molecule has 0 radical (unpaired) electrons. The van der Waals surface area contributed by atoms with Gasteiger partial charge < -0.3 is 19.5 Å². The Labute approximate surface area is 165 Å². The summed E-state index contributed by atoms with van der Waals surface area (Å²) >= 11 is 6.08. The summed E-state index contributed by atoms with van der Waals surface area (Å²) in [4.78, 5) is 24.0. The second kappa shape index (κ2) is 8.75. The SMILES string of the molecule is C[C@H](OC(=O)/C=C/c1cc(Cl)c2c(c1)OCO2)C(=O)NCc1ccc(F)cc1. The van der Waals surface area contributed by atoms with E-state index < -0.39 is 18.0 Å². The zero-order valence-corrected chi connectivity index (χ0v) is 15.7. The lowest BCUT2D eigenvalue weighted by atomic mass is 10.2. The van der Waals surface area contributed by atoms with E-state index in [1.54, 1.807) is 24.3 Å². The molecule has 0 bridgehead atoms. The molecule has 0 saturated heterocycles. The highest BCUT2D eigenvalue weighted by molar-refractivity contribution is 6.32. The van der Waals surface area contributed by atoms with Crippen LogP contribution in [-0.4, -0.2) is 24.8 Å². The molecule has 0 unspecified atom stereocenters. The van der Waals surface area contributed by atoms with E-state index in [1.165, 1.54) is 31.2 Å². The van der Waals surface area contributed by atoms with E-state index in [9.17, 15) is 14.0 Å². The molecule has 8 heteroatoms. The first-order chi connectivity index (χ1) is 13.4. The summed E-state index contributed by atoms with van der Waals surface area (Å²) in [6, 6.07) is 9.03. The highest BCUT2D eigenvalue weighted by Crippen LogP contribution is 2.40. The van der Waals surface area contributed by atoms with Crippen molar-refractivity contribution in [1.82, 2.24) is 5.32 Å². The standard InChI is InChI=1S/C20H17ClFNO5/c1-12(20(25)23-10-13-2-5-15(22)6-3-13)28-18(24)7-4-14-8-16(21)19-17(9-14)26-11-27-19/h2-9,12H,10-11H2,1H3,(H,23,25)/b7-4+/t12-/m0/s1. The summed E-state index contributed by atoms with van der Waals surface area (Å²) in [6.07, 6.45) is 1.70. The minimum atomic E-state index is -0.988. The molecule has 0 fully saturated rings. The molecule has 1 amide bonds. The molecule has 0 aliphatic carbocycles. The number of rotatable bonds is 6. The second-order valence-electron chi connectivity index (χ2n) is 5.99. The fraction of sp³-hybridized carbons (Fsp3) is 0.200. The van der Waals surface area contributed by atoms with Gasteiger partial charge in [-0.05, 0) is 48.4 Å². The van der Waals surface area contributed by atoms with Crippen molar-refractivity contribution in [3.63, 3.8) is 0 Å². The first-order valence-electron chi connectivity index (χ1n) is 8.42. The fourth-order valence-electron chi connectivity index (χ4n) is 2.45. The largest absolute Gasteiger partial charge is 0.454 e. The Morgan fingerprint density at radius 3 is 2.79 bits per heavy atom. The van der Waals surface area contributed by atoms with Crippen LogP contribution in [0.5, 0.6) is 11.5 Å². The topological polar surface area (TPSA) is 73.9 Å². The predicted molar refractivity (Wildman–Crippen MR) is 100 cm³/mol. The molecule has 28 heavy (non-hydrogen) atoms. The van der Waals surface area contributed by atoms with Gasteiger partial charge in [-0.25, -0.2) is 9.18 Å². The van der Waals surface area contributed by atoms with Crippen LogP contribution in [0.2, 0.25) is 5.02 Å². The van der Waals surface area contributed by atoms with Gasteiger partial charge in [-0.2, -0.15) is 0 Å². The van der Waals surface area contributed by atoms with Crippen molar-refractivity contribution < 1.29 is 28.2 Å². The van der Waals surface area contributed by atoms with Crippen molar-refractivity contribution in [1.29, 1.82) is 0 Å². The molecule has 1 heterocycles. The van der Waals surface area contributed by atoms with Crippen LogP contribution in [0.3, 0.4) is 0 Å². The molecule has 1 aliphatic heterocycles. The van der Waals surface area contributed by atoms with Crippen molar-refractivity contribution in [2.45, 2.75) is 19.6 Å². The molecule has 1 aliphatic rings. The Kier molecular flexibility index (Phi) is 6.16. The second-order valence-corrected chi connectivity index (χ2v) is 6.40. The molecular weight excluding hydrogens is 389 g/mol. The van der Waals surface area contributed by atoms with Gasteiger partial charge in [0.2, 0.25) is 6.79 Å². The van der Waals surface area contributed by atoms with Crippen LogP contribution in [0.1, 0.15) is 18.1 Å². The van der Waals surface area contributed by atoms with E-state index in [4.69, 9.17) is 25.8 Å². The van der Waals surface area contributed by atoms with Gasteiger partial charge in [-0.15, -0.1) is 0 Å². The summed E-state index contributed by atoms with van der Waals surface area (Å²) in [5, 5.41) is 2.99. The van der Waals surface area contributed by atoms with Gasteiger partial charge in [0.25, 0.3) is 5.91 Å².